The van der Waals surface area contributed by atoms with Gasteiger partial charge in [-0.25, -0.2) is 0 Å². The Balaban J connectivity index is 2.14. The van der Waals surface area contributed by atoms with Crippen molar-refractivity contribution in [3.8, 4) is 0 Å². The lowest BCUT2D eigenvalue weighted by atomic mass is 10.1. The average molecular weight is 271 g/mol. The monoisotopic (exact) mass is 270 g/mol. The highest BCUT2D eigenvalue weighted by Crippen LogP contribution is 2.24. The fraction of sp³-hybridized carbons (Fsp3) is 0.769. The number of nitrogens with two attached hydrogens (primary N) is 1. The Morgan fingerprint density at radius 1 is 1.44 bits per heavy atom. The molecule has 0 amide bonds. The summed E-state index contributed by atoms with van der Waals surface area (Å²) in [6.45, 7) is 8.01. The molecule has 1 saturated heterocycles. The highest BCUT2D eigenvalue weighted by molar-refractivity contribution is 6.31. The number of hydrogen-bond acceptors (Lipinski definition) is 3. The minimum absolute atomic E-state index is 0.307. The lowest BCUT2D eigenvalue weighted by Crippen LogP contribution is -2.42. The molecular formula is C13H23ClN4. The topological polar surface area (TPSA) is 47.1 Å². The van der Waals surface area contributed by atoms with Crippen molar-refractivity contribution in [3.63, 3.8) is 0 Å². The number of aromatic nitrogens is 2. The van der Waals surface area contributed by atoms with Crippen LogP contribution in [-0.4, -0.2) is 33.8 Å². The maximum absolute atomic E-state index is 6.42. The zero-order valence-corrected chi connectivity index (χ0v) is 12.1. The Labute approximate surface area is 114 Å². The molecule has 1 aromatic heterocycles. The molecule has 0 aromatic carbocycles. The van der Waals surface area contributed by atoms with Crippen molar-refractivity contribution in [2.45, 2.75) is 52.2 Å². The highest BCUT2D eigenvalue weighted by Gasteiger charge is 2.21. The van der Waals surface area contributed by atoms with E-state index in [-0.39, 0.29) is 0 Å². The van der Waals surface area contributed by atoms with Crippen molar-refractivity contribution in [2.75, 3.05) is 13.1 Å². The summed E-state index contributed by atoms with van der Waals surface area (Å²) in [6.07, 6.45) is 3.20. The van der Waals surface area contributed by atoms with Crippen LogP contribution in [0, 0.1) is 0 Å². The molecule has 1 aliphatic rings. The van der Waals surface area contributed by atoms with Crippen LogP contribution in [0.5, 0.6) is 0 Å². The molecule has 0 spiro atoms. The maximum atomic E-state index is 6.42. The lowest BCUT2D eigenvalue weighted by molar-refractivity contribution is 0.196. The first-order valence-electron chi connectivity index (χ1n) is 6.87. The Kier molecular flexibility index (Phi) is 4.65. The van der Waals surface area contributed by atoms with Crippen LogP contribution in [0.4, 0.5) is 0 Å². The van der Waals surface area contributed by atoms with Gasteiger partial charge in [0.2, 0.25) is 0 Å². The second-order valence-corrected chi connectivity index (χ2v) is 5.39. The van der Waals surface area contributed by atoms with Gasteiger partial charge in [-0.05, 0) is 32.7 Å². The van der Waals surface area contributed by atoms with Gasteiger partial charge in [0.1, 0.15) is 0 Å². The van der Waals surface area contributed by atoms with Gasteiger partial charge in [0, 0.05) is 25.7 Å². The first-order chi connectivity index (χ1) is 8.65. The molecule has 102 valence electrons. The number of nitrogens with zero attached hydrogens (tertiary/aromatic N) is 3. The van der Waals surface area contributed by atoms with E-state index >= 15 is 0 Å². The van der Waals surface area contributed by atoms with Crippen LogP contribution in [0.15, 0.2) is 0 Å². The summed E-state index contributed by atoms with van der Waals surface area (Å²) in [4.78, 5) is 2.39. The number of likely N-dealkylation sites (tertiary alicyclic amines) is 1. The number of piperidine rings is 1. The van der Waals surface area contributed by atoms with Gasteiger partial charge in [-0.1, -0.05) is 18.5 Å². The minimum atomic E-state index is 0.307. The molecule has 1 fully saturated rings. The zero-order chi connectivity index (χ0) is 13.1. The van der Waals surface area contributed by atoms with Crippen LogP contribution in [0.25, 0.3) is 0 Å². The third kappa shape index (κ3) is 2.87. The van der Waals surface area contributed by atoms with E-state index in [1.807, 2.05) is 4.68 Å². The zero-order valence-electron chi connectivity index (χ0n) is 11.3. The van der Waals surface area contributed by atoms with E-state index in [0.29, 0.717) is 6.04 Å². The van der Waals surface area contributed by atoms with E-state index in [9.17, 15) is 0 Å². The quantitative estimate of drug-likeness (QED) is 0.911. The summed E-state index contributed by atoms with van der Waals surface area (Å²) in [5, 5.41) is 5.40. The molecule has 0 aliphatic carbocycles. The molecular weight excluding hydrogens is 248 g/mol. The van der Waals surface area contributed by atoms with E-state index < -0.39 is 0 Å². The van der Waals surface area contributed by atoms with Crippen LogP contribution in [0.1, 0.15) is 38.1 Å². The summed E-state index contributed by atoms with van der Waals surface area (Å²) >= 11 is 6.42. The highest BCUT2D eigenvalue weighted by atomic mass is 35.5. The van der Waals surface area contributed by atoms with Crippen molar-refractivity contribution in [1.29, 1.82) is 0 Å². The molecule has 5 heteroatoms. The van der Waals surface area contributed by atoms with Crippen LogP contribution >= 0.6 is 11.6 Å². The van der Waals surface area contributed by atoms with Gasteiger partial charge in [-0.3, -0.25) is 9.58 Å². The summed E-state index contributed by atoms with van der Waals surface area (Å²) in [7, 11) is 0. The fourth-order valence-electron chi connectivity index (χ4n) is 2.62. The SMILES string of the molecule is CCc1nn(CC)c(CN2CCCC(N)C2)c1Cl. The summed E-state index contributed by atoms with van der Waals surface area (Å²) in [5.74, 6) is 0. The van der Waals surface area contributed by atoms with E-state index in [1.54, 1.807) is 0 Å². The number of aryl methyl sites for hydroxylation is 2. The molecule has 2 heterocycles. The molecule has 18 heavy (non-hydrogen) atoms. The molecule has 2 rings (SSSR count). The smallest absolute Gasteiger partial charge is 0.0863 e. The molecule has 0 saturated carbocycles. The van der Waals surface area contributed by atoms with Gasteiger partial charge in [-0.15, -0.1) is 0 Å². The third-order valence-electron chi connectivity index (χ3n) is 3.61. The van der Waals surface area contributed by atoms with E-state index in [0.717, 1.165) is 55.4 Å². The average Bonchev–Trinajstić information content (AvgIpc) is 2.66. The minimum Gasteiger partial charge on any atom is -0.327 e. The Hall–Kier alpha value is -0.580. The fourth-order valence-corrected chi connectivity index (χ4v) is 2.94. The van der Waals surface area contributed by atoms with Crippen molar-refractivity contribution in [3.05, 3.63) is 16.4 Å². The first-order valence-corrected chi connectivity index (χ1v) is 7.25. The van der Waals surface area contributed by atoms with Gasteiger partial charge < -0.3 is 5.73 Å². The van der Waals surface area contributed by atoms with E-state index in [1.165, 1.54) is 6.42 Å². The van der Waals surface area contributed by atoms with Crippen LogP contribution < -0.4 is 5.73 Å². The second-order valence-electron chi connectivity index (χ2n) is 5.01. The van der Waals surface area contributed by atoms with E-state index in [4.69, 9.17) is 17.3 Å². The molecule has 0 bridgehead atoms. The Morgan fingerprint density at radius 2 is 2.22 bits per heavy atom. The first kappa shape index (κ1) is 13.8. The van der Waals surface area contributed by atoms with Gasteiger partial charge in [0.25, 0.3) is 0 Å². The summed E-state index contributed by atoms with van der Waals surface area (Å²) in [5.41, 5.74) is 8.17. The Bertz CT molecular complexity index is 402. The molecule has 1 aromatic rings. The third-order valence-corrected chi connectivity index (χ3v) is 4.05. The van der Waals surface area contributed by atoms with Crippen LogP contribution in [-0.2, 0) is 19.5 Å². The van der Waals surface area contributed by atoms with Gasteiger partial charge >= 0.3 is 0 Å². The van der Waals surface area contributed by atoms with Crippen molar-refractivity contribution >= 4 is 11.6 Å². The number of hydrogen-bond donors (Lipinski definition) is 1. The molecule has 1 atom stereocenters. The van der Waals surface area contributed by atoms with Crippen molar-refractivity contribution in [1.82, 2.24) is 14.7 Å². The molecule has 1 aliphatic heterocycles. The number of halogens is 1. The van der Waals surface area contributed by atoms with Crippen LogP contribution in [0.3, 0.4) is 0 Å². The maximum Gasteiger partial charge on any atom is 0.0863 e. The normalized spacial score (nSPS) is 21.4. The van der Waals surface area contributed by atoms with Gasteiger partial charge in [0.05, 0.1) is 16.4 Å². The largest absolute Gasteiger partial charge is 0.327 e. The van der Waals surface area contributed by atoms with Crippen molar-refractivity contribution in [2.24, 2.45) is 5.73 Å². The predicted molar refractivity (Wildman–Crippen MR) is 74.8 cm³/mol. The number of rotatable bonds is 4. The van der Waals surface area contributed by atoms with Crippen molar-refractivity contribution < 1.29 is 0 Å². The summed E-state index contributed by atoms with van der Waals surface area (Å²) in [6, 6.07) is 0.307. The summed E-state index contributed by atoms with van der Waals surface area (Å²) < 4.78 is 2.03. The van der Waals surface area contributed by atoms with Crippen LogP contribution in [0.2, 0.25) is 5.02 Å². The standard InChI is InChI=1S/C13H23ClN4/c1-3-11-13(14)12(18(4-2)16-11)9-17-7-5-6-10(15)8-17/h10H,3-9,15H2,1-2H3. The second kappa shape index (κ2) is 6.04. The molecule has 1 unspecified atom stereocenters. The van der Waals surface area contributed by atoms with E-state index in [2.05, 4.69) is 23.8 Å². The predicted octanol–water partition coefficient (Wildman–Crippen LogP) is 2.04. The lowest BCUT2D eigenvalue weighted by Gasteiger charge is -2.30. The molecule has 2 N–H and O–H groups in total. The molecule has 0 radical (unpaired) electrons. The van der Waals surface area contributed by atoms with Gasteiger partial charge in [-0.2, -0.15) is 5.10 Å². The molecule has 4 nitrogen and oxygen atoms in total. The van der Waals surface area contributed by atoms with Gasteiger partial charge in [0.15, 0.2) is 0 Å². The Morgan fingerprint density at radius 3 is 2.83 bits per heavy atom.